The highest BCUT2D eigenvalue weighted by atomic mass is 35.5. The fourth-order valence-corrected chi connectivity index (χ4v) is 7.02. The highest BCUT2D eigenvalue weighted by Gasteiger charge is 2.32. The van der Waals surface area contributed by atoms with Crippen LogP contribution in [-0.2, 0) is 25.6 Å². The van der Waals surface area contributed by atoms with Crippen LogP contribution in [0, 0.1) is 0 Å². The van der Waals surface area contributed by atoms with E-state index in [4.69, 9.17) is 11.6 Å². The number of urea groups is 1. The van der Waals surface area contributed by atoms with Crippen LogP contribution in [0.25, 0.3) is 16.6 Å². The van der Waals surface area contributed by atoms with Crippen LogP contribution in [0.4, 0.5) is 21.9 Å². The molecule has 2 aromatic heterocycles. The molecule has 56 heavy (non-hydrogen) atoms. The molecule has 19 heteroatoms. The number of anilines is 3. The van der Waals surface area contributed by atoms with Gasteiger partial charge in [-0.25, -0.2) is 9.59 Å². The van der Waals surface area contributed by atoms with Gasteiger partial charge in [-0.05, 0) is 89.8 Å². The minimum atomic E-state index is -1.27. The number of rotatable bonds is 10. The Labute approximate surface area is 323 Å². The number of carbonyl (C=O) groups excluding carboxylic acids is 5. The Bertz CT molecular complexity index is 2300. The number of carboxylic acids is 1. The molecule has 2 aliphatic heterocycles. The Balaban J connectivity index is 1.03. The first-order chi connectivity index (χ1) is 27.0. The van der Waals surface area contributed by atoms with Crippen molar-refractivity contribution in [2.24, 2.45) is 0 Å². The van der Waals surface area contributed by atoms with Crippen molar-refractivity contribution in [2.75, 3.05) is 35.6 Å². The second-order valence-electron chi connectivity index (χ2n) is 13.4. The number of aromatic amines is 1. The van der Waals surface area contributed by atoms with E-state index in [1.165, 1.54) is 23.1 Å². The molecule has 6 amide bonds. The number of aromatic nitrogens is 5. The van der Waals surface area contributed by atoms with Crippen molar-refractivity contribution in [3.8, 4) is 5.69 Å². The second kappa shape index (κ2) is 16.3. The lowest BCUT2D eigenvalue weighted by molar-refractivity contribution is -0.137. The number of likely N-dealkylation sites (tertiary alicyclic amines) is 2. The number of nitrogens with zero attached hydrogens (tertiary/aromatic N) is 6. The van der Waals surface area contributed by atoms with Crippen molar-refractivity contribution >= 4 is 75.2 Å². The smallest absolute Gasteiger partial charge is 0.352 e. The summed E-state index contributed by atoms with van der Waals surface area (Å²) in [5.41, 5.74) is 2.41. The molecule has 18 nitrogen and oxygen atoms in total. The maximum atomic E-state index is 13.8. The number of fused-ring (bicyclic) bond motifs is 1. The number of carbonyl (C=O) groups is 6. The molecule has 4 heterocycles. The molecule has 1 atom stereocenters. The second-order valence-corrected chi connectivity index (χ2v) is 13.9. The van der Waals surface area contributed by atoms with Crippen LogP contribution in [0.5, 0.6) is 0 Å². The average molecular weight is 782 g/mol. The number of amides is 6. The van der Waals surface area contributed by atoms with Crippen molar-refractivity contribution in [3.05, 3.63) is 89.3 Å². The predicted octanol–water partition coefficient (Wildman–Crippen LogP) is 3.42. The number of H-pyrrole nitrogens is 1. The first kappa shape index (κ1) is 37.5. The van der Waals surface area contributed by atoms with Crippen LogP contribution in [0.1, 0.15) is 41.7 Å². The highest BCUT2D eigenvalue weighted by molar-refractivity contribution is 6.40. The van der Waals surface area contributed by atoms with Crippen molar-refractivity contribution in [1.82, 2.24) is 40.3 Å². The number of benzene rings is 3. The minimum Gasteiger partial charge on any atom is -0.477 e. The Kier molecular flexibility index (Phi) is 10.9. The Morgan fingerprint density at radius 3 is 2.36 bits per heavy atom. The monoisotopic (exact) mass is 781 g/mol. The summed E-state index contributed by atoms with van der Waals surface area (Å²) in [5.74, 6) is -3.84. The molecule has 0 saturated carbocycles. The molecular weight excluding hydrogens is 746 g/mol. The fourth-order valence-electron chi connectivity index (χ4n) is 6.85. The fraction of sp³-hybridized carbons (Fsp3) is 0.270. The molecule has 0 aliphatic carbocycles. The first-order valence-electron chi connectivity index (χ1n) is 17.8. The lowest BCUT2D eigenvalue weighted by Gasteiger charge is -2.36. The van der Waals surface area contributed by atoms with E-state index < -0.39 is 29.7 Å². The van der Waals surface area contributed by atoms with Gasteiger partial charge in [0.2, 0.25) is 11.8 Å². The van der Waals surface area contributed by atoms with Gasteiger partial charge < -0.3 is 41.2 Å². The third kappa shape index (κ3) is 8.60. The average Bonchev–Trinajstić information content (AvgIpc) is 3.97. The molecule has 5 aromatic rings. The van der Waals surface area contributed by atoms with E-state index >= 15 is 0 Å². The molecule has 0 spiro atoms. The Morgan fingerprint density at radius 1 is 0.893 bits per heavy atom. The summed E-state index contributed by atoms with van der Waals surface area (Å²) in [6.45, 7) is 1.82. The summed E-state index contributed by atoms with van der Waals surface area (Å²) in [6.07, 6.45) is 4.13. The maximum Gasteiger partial charge on any atom is 0.352 e. The molecule has 2 fully saturated rings. The molecule has 2 saturated heterocycles. The summed E-state index contributed by atoms with van der Waals surface area (Å²) in [4.78, 5) is 83.4. The molecule has 3 aromatic carbocycles. The Hall–Kier alpha value is -6.82. The van der Waals surface area contributed by atoms with Gasteiger partial charge in [-0.1, -0.05) is 23.7 Å². The van der Waals surface area contributed by atoms with E-state index in [1.54, 1.807) is 59.5 Å². The highest BCUT2D eigenvalue weighted by Crippen LogP contribution is 2.25. The molecule has 6 N–H and O–H groups in total. The maximum absolute atomic E-state index is 13.8. The first-order valence-corrected chi connectivity index (χ1v) is 18.1. The van der Waals surface area contributed by atoms with Crippen molar-refractivity contribution in [3.63, 3.8) is 0 Å². The molecular formula is C37H36ClN11O7. The SMILES string of the molecule is O=C(Nc1cc(Cl)ccc1-n1cnnn1)C(=O)N[C@@H](Cc1ccc(NC(=O)N2CCC(N3CCCC3=O)CC2)cc1)C(=O)Nc1ccc2[nH]c(C(=O)O)cc2c1. The summed E-state index contributed by atoms with van der Waals surface area (Å²) in [7, 11) is 0. The number of hydrogen-bond donors (Lipinski definition) is 6. The molecule has 2 aliphatic rings. The zero-order chi connectivity index (χ0) is 39.3. The number of aromatic carboxylic acids is 1. The molecule has 0 unspecified atom stereocenters. The van der Waals surface area contributed by atoms with Gasteiger partial charge in [0.05, 0.1) is 11.4 Å². The summed E-state index contributed by atoms with van der Waals surface area (Å²) >= 11 is 6.16. The van der Waals surface area contributed by atoms with E-state index in [2.05, 4.69) is 41.8 Å². The largest absolute Gasteiger partial charge is 0.477 e. The number of hydrogen-bond acceptors (Lipinski definition) is 9. The predicted molar refractivity (Wildman–Crippen MR) is 203 cm³/mol. The van der Waals surface area contributed by atoms with Gasteiger partial charge in [0.25, 0.3) is 0 Å². The normalized spacial score (nSPS) is 15.1. The van der Waals surface area contributed by atoms with Crippen LogP contribution in [0.2, 0.25) is 5.02 Å². The van der Waals surface area contributed by atoms with Gasteiger partial charge in [0.1, 0.15) is 18.1 Å². The van der Waals surface area contributed by atoms with E-state index in [-0.39, 0.29) is 40.8 Å². The quantitative estimate of drug-likeness (QED) is 0.113. The van der Waals surface area contributed by atoms with E-state index in [0.29, 0.717) is 65.9 Å². The zero-order valence-corrected chi connectivity index (χ0v) is 30.5. The number of carboxylic acid groups (broad SMARTS) is 1. The Morgan fingerprint density at radius 2 is 1.66 bits per heavy atom. The summed E-state index contributed by atoms with van der Waals surface area (Å²) < 4.78 is 1.27. The molecule has 288 valence electrons. The third-order valence-corrected chi connectivity index (χ3v) is 9.93. The van der Waals surface area contributed by atoms with E-state index in [0.717, 1.165) is 13.0 Å². The van der Waals surface area contributed by atoms with Crippen LogP contribution in [0.15, 0.2) is 73.1 Å². The lowest BCUT2D eigenvalue weighted by atomic mass is 10.0. The van der Waals surface area contributed by atoms with Crippen LogP contribution < -0.4 is 21.3 Å². The van der Waals surface area contributed by atoms with Crippen LogP contribution in [0.3, 0.4) is 0 Å². The third-order valence-electron chi connectivity index (χ3n) is 9.70. The van der Waals surface area contributed by atoms with Crippen LogP contribution in [-0.4, -0.2) is 107 Å². The van der Waals surface area contributed by atoms with Gasteiger partial charge in [-0.15, -0.1) is 5.10 Å². The molecule has 0 bridgehead atoms. The zero-order valence-electron chi connectivity index (χ0n) is 29.7. The number of halogens is 1. The van der Waals surface area contributed by atoms with Crippen molar-refractivity contribution in [1.29, 1.82) is 0 Å². The lowest BCUT2D eigenvalue weighted by Crippen LogP contribution is -2.49. The van der Waals surface area contributed by atoms with Gasteiger partial charge in [-0.3, -0.25) is 19.2 Å². The summed E-state index contributed by atoms with van der Waals surface area (Å²) in [6, 6.07) is 16.0. The van der Waals surface area contributed by atoms with Gasteiger partial charge in [-0.2, -0.15) is 4.68 Å². The van der Waals surface area contributed by atoms with E-state index in [1.807, 2.05) is 4.90 Å². The van der Waals surface area contributed by atoms with Gasteiger partial charge >= 0.3 is 23.8 Å². The number of tetrazole rings is 1. The minimum absolute atomic E-state index is 0.0259. The van der Waals surface area contributed by atoms with Crippen LogP contribution >= 0.6 is 11.6 Å². The van der Waals surface area contributed by atoms with Crippen molar-refractivity contribution in [2.45, 2.75) is 44.2 Å². The summed E-state index contributed by atoms with van der Waals surface area (Å²) in [5, 5.41) is 31.8. The molecule has 0 radical (unpaired) electrons. The number of nitrogens with one attached hydrogen (secondary N) is 5. The molecule has 7 rings (SSSR count). The standard InChI is InChI=1S/C37H36ClN11O7/c38-23-5-10-31(49-20-39-45-46-49)28(19-23)43-34(52)35(53)44-29(33(51)40-25-8-9-27-22(17-25)18-30(42-27)36(54)55)16-21-3-6-24(7-4-21)41-37(56)47-14-11-26(12-15-47)48-13-1-2-32(48)50/h3-10,17-20,26,29,42H,1-2,11-16H2,(H,40,51)(H,41,56)(H,43,52)(H,44,53)(H,54,55)/t29-/m0/s1. The number of piperidine rings is 1. The van der Waals surface area contributed by atoms with Gasteiger partial charge in [0, 0.05) is 65.8 Å². The topological polar surface area (TPSA) is 237 Å². The van der Waals surface area contributed by atoms with Crippen molar-refractivity contribution < 1.29 is 33.9 Å². The van der Waals surface area contributed by atoms with Gasteiger partial charge in [0.15, 0.2) is 0 Å². The van der Waals surface area contributed by atoms with E-state index in [9.17, 15) is 33.9 Å².